The summed E-state index contributed by atoms with van der Waals surface area (Å²) < 4.78 is 0. The molecule has 1 aliphatic rings. The van der Waals surface area contributed by atoms with Crippen LogP contribution in [0.3, 0.4) is 0 Å². The van der Waals surface area contributed by atoms with E-state index >= 15 is 0 Å². The lowest BCUT2D eigenvalue weighted by Gasteiger charge is -2.08. The standard InChI is InChI=1S/C12H13NO3/c1-6-3-4-8-9(5-10(14)15)12(16)13-11(8)7(6)2/h3-4,9H,5H2,1-2H3,(H,13,16)(H,14,15). The number of hydrogen-bond donors (Lipinski definition) is 2. The minimum absolute atomic E-state index is 0.151. The van der Waals surface area contributed by atoms with Crippen molar-refractivity contribution in [3.05, 3.63) is 28.8 Å². The molecule has 1 heterocycles. The Morgan fingerprint density at radius 1 is 1.44 bits per heavy atom. The second kappa shape index (κ2) is 3.63. The Morgan fingerprint density at radius 2 is 2.12 bits per heavy atom. The van der Waals surface area contributed by atoms with Crippen LogP contribution in [0.2, 0.25) is 0 Å². The Morgan fingerprint density at radius 3 is 2.75 bits per heavy atom. The second-order valence-corrected chi connectivity index (χ2v) is 4.11. The number of carboxylic acids is 1. The Bertz CT molecular complexity index is 479. The summed E-state index contributed by atoms with van der Waals surface area (Å²) in [6.07, 6.45) is -0.151. The fourth-order valence-electron chi connectivity index (χ4n) is 2.02. The van der Waals surface area contributed by atoms with Crippen LogP contribution in [0.15, 0.2) is 12.1 Å². The topological polar surface area (TPSA) is 66.4 Å². The molecular weight excluding hydrogens is 206 g/mol. The molecule has 0 aliphatic carbocycles. The zero-order valence-corrected chi connectivity index (χ0v) is 9.20. The maximum absolute atomic E-state index is 11.7. The molecule has 0 spiro atoms. The molecule has 1 unspecified atom stereocenters. The smallest absolute Gasteiger partial charge is 0.304 e. The van der Waals surface area contributed by atoms with Crippen molar-refractivity contribution >= 4 is 17.6 Å². The Hall–Kier alpha value is -1.84. The maximum atomic E-state index is 11.7. The molecule has 4 nitrogen and oxygen atoms in total. The summed E-state index contributed by atoms with van der Waals surface area (Å²) >= 11 is 0. The number of hydrogen-bond acceptors (Lipinski definition) is 2. The zero-order valence-electron chi connectivity index (χ0n) is 9.20. The van der Waals surface area contributed by atoms with Gasteiger partial charge in [0.25, 0.3) is 0 Å². The molecule has 4 heteroatoms. The van der Waals surface area contributed by atoms with Crippen molar-refractivity contribution in [2.24, 2.45) is 0 Å². The summed E-state index contributed by atoms with van der Waals surface area (Å²) in [5.74, 6) is -1.72. The van der Waals surface area contributed by atoms with Crippen LogP contribution >= 0.6 is 0 Å². The summed E-state index contributed by atoms with van der Waals surface area (Å²) in [6.45, 7) is 3.89. The lowest BCUT2D eigenvalue weighted by molar-refractivity contribution is -0.138. The van der Waals surface area contributed by atoms with Crippen molar-refractivity contribution < 1.29 is 14.7 Å². The number of carbonyl (C=O) groups excluding carboxylic acids is 1. The van der Waals surface area contributed by atoms with Gasteiger partial charge in [-0.25, -0.2) is 0 Å². The van der Waals surface area contributed by atoms with Crippen molar-refractivity contribution in [1.29, 1.82) is 0 Å². The van der Waals surface area contributed by atoms with E-state index < -0.39 is 11.9 Å². The van der Waals surface area contributed by atoms with Gasteiger partial charge in [0.15, 0.2) is 0 Å². The second-order valence-electron chi connectivity index (χ2n) is 4.11. The lowest BCUT2D eigenvalue weighted by atomic mass is 9.94. The van der Waals surface area contributed by atoms with E-state index in [0.29, 0.717) is 0 Å². The molecule has 16 heavy (non-hydrogen) atoms. The Balaban J connectivity index is 2.46. The summed E-state index contributed by atoms with van der Waals surface area (Å²) in [4.78, 5) is 22.3. The van der Waals surface area contributed by atoms with Crippen molar-refractivity contribution in [2.45, 2.75) is 26.2 Å². The van der Waals surface area contributed by atoms with Crippen molar-refractivity contribution in [3.63, 3.8) is 0 Å². The van der Waals surface area contributed by atoms with Gasteiger partial charge >= 0.3 is 5.97 Å². The summed E-state index contributed by atoms with van der Waals surface area (Å²) in [6, 6.07) is 3.76. The number of nitrogens with one attached hydrogen (secondary N) is 1. The number of carboxylic acid groups (broad SMARTS) is 1. The largest absolute Gasteiger partial charge is 0.481 e. The number of rotatable bonds is 2. The van der Waals surface area contributed by atoms with Gasteiger partial charge in [-0.05, 0) is 30.5 Å². The van der Waals surface area contributed by atoms with E-state index in [0.717, 1.165) is 22.4 Å². The van der Waals surface area contributed by atoms with Crippen LogP contribution in [0.5, 0.6) is 0 Å². The molecule has 1 aliphatic heterocycles. The molecule has 0 fully saturated rings. The Labute approximate surface area is 93.3 Å². The normalized spacial score (nSPS) is 18.1. The molecule has 0 aromatic heterocycles. The van der Waals surface area contributed by atoms with Gasteiger partial charge in [-0.3, -0.25) is 9.59 Å². The highest BCUT2D eigenvalue weighted by molar-refractivity contribution is 6.05. The minimum atomic E-state index is -0.953. The number of fused-ring (bicyclic) bond motifs is 1. The first-order valence-corrected chi connectivity index (χ1v) is 5.13. The average molecular weight is 219 g/mol. The van der Waals surface area contributed by atoms with Crippen molar-refractivity contribution in [1.82, 2.24) is 0 Å². The first-order chi connectivity index (χ1) is 7.50. The molecule has 0 radical (unpaired) electrons. The first kappa shape index (κ1) is 10.7. The van der Waals surface area contributed by atoms with Crippen LogP contribution in [-0.4, -0.2) is 17.0 Å². The maximum Gasteiger partial charge on any atom is 0.304 e. The van der Waals surface area contributed by atoms with Gasteiger partial charge in [-0.2, -0.15) is 0 Å². The van der Waals surface area contributed by atoms with E-state index in [1.807, 2.05) is 26.0 Å². The summed E-state index contributed by atoms with van der Waals surface area (Å²) in [7, 11) is 0. The minimum Gasteiger partial charge on any atom is -0.481 e. The molecule has 0 bridgehead atoms. The Kier molecular flexibility index (Phi) is 2.42. The van der Waals surface area contributed by atoms with E-state index in [2.05, 4.69) is 5.32 Å². The number of anilines is 1. The van der Waals surface area contributed by atoms with Gasteiger partial charge in [0.2, 0.25) is 5.91 Å². The SMILES string of the molecule is Cc1ccc2c(c1C)NC(=O)C2CC(=O)O. The van der Waals surface area contributed by atoms with Crippen LogP contribution in [0, 0.1) is 13.8 Å². The number of amides is 1. The summed E-state index contributed by atoms with van der Waals surface area (Å²) in [5.41, 5.74) is 3.69. The van der Waals surface area contributed by atoms with E-state index in [1.165, 1.54) is 0 Å². The third-order valence-electron chi connectivity index (χ3n) is 3.09. The van der Waals surface area contributed by atoms with E-state index in [1.54, 1.807) is 0 Å². The van der Waals surface area contributed by atoms with Gasteiger partial charge in [-0.1, -0.05) is 12.1 Å². The molecule has 1 amide bonds. The fraction of sp³-hybridized carbons (Fsp3) is 0.333. The average Bonchev–Trinajstić information content (AvgIpc) is 2.51. The highest BCUT2D eigenvalue weighted by Gasteiger charge is 2.33. The molecule has 1 aromatic rings. The molecule has 84 valence electrons. The predicted molar refractivity (Wildman–Crippen MR) is 59.5 cm³/mol. The first-order valence-electron chi connectivity index (χ1n) is 5.13. The molecule has 1 atom stereocenters. The monoisotopic (exact) mass is 219 g/mol. The zero-order chi connectivity index (χ0) is 11.9. The molecule has 0 saturated heterocycles. The van der Waals surface area contributed by atoms with Crippen molar-refractivity contribution in [2.75, 3.05) is 5.32 Å². The van der Waals surface area contributed by atoms with Crippen LogP contribution in [0.25, 0.3) is 0 Å². The van der Waals surface area contributed by atoms with Gasteiger partial charge in [0.1, 0.15) is 0 Å². The van der Waals surface area contributed by atoms with Gasteiger partial charge < -0.3 is 10.4 Å². The quantitative estimate of drug-likeness (QED) is 0.797. The highest BCUT2D eigenvalue weighted by Crippen LogP contribution is 2.37. The van der Waals surface area contributed by atoms with E-state index in [-0.39, 0.29) is 12.3 Å². The number of aryl methyl sites for hydroxylation is 1. The number of benzene rings is 1. The number of carbonyl (C=O) groups is 2. The van der Waals surface area contributed by atoms with E-state index in [9.17, 15) is 9.59 Å². The third kappa shape index (κ3) is 1.56. The molecule has 2 N–H and O–H groups in total. The van der Waals surface area contributed by atoms with Crippen LogP contribution in [0.1, 0.15) is 29.0 Å². The van der Waals surface area contributed by atoms with Crippen LogP contribution in [-0.2, 0) is 9.59 Å². The summed E-state index contributed by atoms with van der Waals surface area (Å²) in [5, 5.41) is 11.5. The number of aliphatic carboxylic acids is 1. The molecule has 0 saturated carbocycles. The van der Waals surface area contributed by atoms with E-state index in [4.69, 9.17) is 5.11 Å². The fourth-order valence-corrected chi connectivity index (χ4v) is 2.02. The van der Waals surface area contributed by atoms with Crippen LogP contribution in [0.4, 0.5) is 5.69 Å². The van der Waals surface area contributed by atoms with Gasteiger partial charge in [0, 0.05) is 5.69 Å². The highest BCUT2D eigenvalue weighted by atomic mass is 16.4. The molecule has 2 rings (SSSR count). The van der Waals surface area contributed by atoms with Gasteiger partial charge in [0.05, 0.1) is 12.3 Å². The molecular formula is C12H13NO3. The van der Waals surface area contributed by atoms with Crippen molar-refractivity contribution in [3.8, 4) is 0 Å². The van der Waals surface area contributed by atoms with Crippen LogP contribution < -0.4 is 5.32 Å². The lowest BCUT2D eigenvalue weighted by Crippen LogP contribution is -2.15. The van der Waals surface area contributed by atoms with Gasteiger partial charge in [-0.15, -0.1) is 0 Å². The molecule has 1 aromatic carbocycles. The predicted octanol–water partition coefficient (Wildman–Crippen LogP) is 1.81. The third-order valence-corrected chi connectivity index (χ3v) is 3.09.